The number of piperidine rings is 1. The molecule has 4 heteroatoms. The van der Waals surface area contributed by atoms with E-state index in [2.05, 4.69) is 17.1 Å². The maximum atomic E-state index is 8.89. The van der Waals surface area contributed by atoms with Crippen molar-refractivity contribution >= 4 is 0 Å². The van der Waals surface area contributed by atoms with E-state index in [0.29, 0.717) is 12.8 Å². The average Bonchev–Trinajstić information content (AvgIpc) is 2.40. The summed E-state index contributed by atoms with van der Waals surface area (Å²) in [7, 11) is 0. The average molecular weight is 246 g/mol. The summed E-state index contributed by atoms with van der Waals surface area (Å²) in [5, 5.41) is 20.4. The Morgan fingerprint density at radius 1 is 0.941 bits per heavy atom. The number of nitrogens with one attached hydrogen (secondary N) is 1. The van der Waals surface area contributed by atoms with Crippen LogP contribution in [0.1, 0.15) is 52.9 Å². The first kappa shape index (κ1) is 16.8. The fraction of sp³-hybridized carbons (Fsp3) is 1.00. The maximum Gasteiger partial charge on any atom is 0.106 e. The third-order valence-electron chi connectivity index (χ3n) is 3.05. The molecule has 0 radical (unpaired) electrons. The summed E-state index contributed by atoms with van der Waals surface area (Å²) in [5.41, 5.74) is 0. The Morgan fingerprint density at radius 3 is 1.71 bits per heavy atom. The molecule has 2 atom stereocenters. The molecule has 17 heavy (non-hydrogen) atoms. The van der Waals surface area contributed by atoms with Gasteiger partial charge < -0.3 is 15.1 Å². The van der Waals surface area contributed by atoms with Crippen LogP contribution in [-0.2, 0) is 0 Å². The van der Waals surface area contributed by atoms with Crippen LogP contribution in [0.15, 0.2) is 0 Å². The quantitative estimate of drug-likeness (QED) is 0.644. The summed E-state index contributed by atoms with van der Waals surface area (Å²) in [5.74, 6) is 0. The largest absolute Gasteiger partial charge is 0.379 e. The zero-order chi connectivity index (χ0) is 13.1. The molecule has 2 unspecified atom stereocenters. The van der Waals surface area contributed by atoms with Gasteiger partial charge in [-0.15, -0.1) is 0 Å². The van der Waals surface area contributed by atoms with E-state index in [1.54, 1.807) is 0 Å². The standard InChI is InChI=1S/C7H15N.C6H15NO2/c1-2-8-6-4-3-5-7-8;1-3-5(8)7-6(9)4-2/h2-7H2,1H3;5-9H,3-4H2,1-2H3. The first-order valence-electron chi connectivity index (χ1n) is 6.98. The number of hydrogen-bond acceptors (Lipinski definition) is 4. The zero-order valence-electron chi connectivity index (χ0n) is 11.7. The van der Waals surface area contributed by atoms with Gasteiger partial charge in [-0.3, -0.25) is 5.32 Å². The SMILES string of the molecule is CCC(O)NC(O)CC.CCN1CCCCC1. The molecule has 4 nitrogen and oxygen atoms in total. The second kappa shape index (κ2) is 11.0. The van der Waals surface area contributed by atoms with Crippen molar-refractivity contribution < 1.29 is 10.2 Å². The molecule has 0 aliphatic carbocycles. The number of hydrogen-bond donors (Lipinski definition) is 3. The second-order valence-corrected chi connectivity index (χ2v) is 4.51. The van der Waals surface area contributed by atoms with Crippen molar-refractivity contribution in [2.45, 2.75) is 65.3 Å². The minimum absolute atomic E-state index is 0.569. The molecule has 0 bridgehead atoms. The Labute approximate surface area is 106 Å². The van der Waals surface area contributed by atoms with Crippen LogP contribution in [0, 0.1) is 0 Å². The van der Waals surface area contributed by atoms with E-state index >= 15 is 0 Å². The summed E-state index contributed by atoms with van der Waals surface area (Å²) in [6, 6.07) is 0. The Balaban J connectivity index is 0.000000302. The molecule has 0 spiro atoms. The van der Waals surface area contributed by atoms with Crippen LogP contribution < -0.4 is 5.32 Å². The number of rotatable bonds is 5. The van der Waals surface area contributed by atoms with Crippen LogP contribution in [0.25, 0.3) is 0 Å². The molecule has 1 fully saturated rings. The molecular formula is C13H30N2O2. The minimum Gasteiger partial charge on any atom is -0.379 e. The summed E-state index contributed by atoms with van der Waals surface area (Å²) in [4.78, 5) is 2.52. The van der Waals surface area contributed by atoms with E-state index in [1.165, 1.54) is 38.9 Å². The molecule has 1 saturated heterocycles. The first-order valence-corrected chi connectivity index (χ1v) is 6.98. The predicted octanol–water partition coefficient (Wildman–Crippen LogP) is 1.52. The molecule has 1 aliphatic heterocycles. The maximum absolute atomic E-state index is 8.89. The predicted molar refractivity (Wildman–Crippen MR) is 71.7 cm³/mol. The number of aliphatic hydroxyl groups excluding tert-OH is 2. The van der Waals surface area contributed by atoms with E-state index in [0.717, 1.165) is 0 Å². The van der Waals surface area contributed by atoms with E-state index in [4.69, 9.17) is 10.2 Å². The highest BCUT2D eigenvalue weighted by Crippen LogP contribution is 2.06. The summed E-state index contributed by atoms with van der Waals surface area (Å²) in [6.45, 7) is 9.87. The van der Waals surface area contributed by atoms with Crippen molar-refractivity contribution in [1.82, 2.24) is 10.2 Å². The summed E-state index contributed by atoms with van der Waals surface area (Å²) >= 11 is 0. The minimum atomic E-state index is -0.569. The van der Waals surface area contributed by atoms with Crippen LogP contribution >= 0.6 is 0 Å². The lowest BCUT2D eigenvalue weighted by Crippen LogP contribution is -2.37. The number of likely N-dealkylation sites (tertiary alicyclic amines) is 1. The van der Waals surface area contributed by atoms with Gasteiger partial charge in [0.05, 0.1) is 0 Å². The molecule has 1 rings (SSSR count). The number of aliphatic hydroxyl groups is 2. The fourth-order valence-electron chi connectivity index (χ4n) is 1.73. The Hall–Kier alpha value is -0.160. The van der Waals surface area contributed by atoms with Gasteiger partial charge in [0.25, 0.3) is 0 Å². The first-order chi connectivity index (χ1) is 8.13. The van der Waals surface area contributed by atoms with Gasteiger partial charge in [-0.25, -0.2) is 0 Å². The molecule has 104 valence electrons. The molecule has 3 N–H and O–H groups in total. The van der Waals surface area contributed by atoms with Crippen LogP contribution in [0.4, 0.5) is 0 Å². The van der Waals surface area contributed by atoms with Crippen LogP contribution in [0.3, 0.4) is 0 Å². The number of nitrogens with zero attached hydrogens (tertiary/aromatic N) is 1. The van der Waals surface area contributed by atoms with E-state index in [1.807, 2.05) is 13.8 Å². The van der Waals surface area contributed by atoms with Gasteiger partial charge in [0.15, 0.2) is 0 Å². The van der Waals surface area contributed by atoms with E-state index in [9.17, 15) is 0 Å². The molecule has 1 aliphatic rings. The van der Waals surface area contributed by atoms with Crippen LogP contribution in [-0.4, -0.2) is 47.2 Å². The Bertz CT molecular complexity index is 153. The van der Waals surface area contributed by atoms with Crippen molar-refractivity contribution in [3.8, 4) is 0 Å². The molecule has 0 amide bonds. The topological polar surface area (TPSA) is 55.7 Å². The Morgan fingerprint density at radius 2 is 1.41 bits per heavy atom. The van der Waals surface area contributed by atoms with Gasteiger partial charge in [-0.1, -0.05) is 27.2 Å². The highest BCUT2D eigenvalue weighted by molar-refractivity contribution is 4.61. The molecule has 1 heterocycles. The highest BCUT2D eigenvalue weighted by atomic mass is 16.3. The van der Waals surface area contributed by atoms with Crippen LogP contribution in [0.5, 0.6) is 0 Å². The van der Waals surface area contributed by atoms with Crippen molar-refractivity contribution in [2.24, 2.45) is 0 Å². The van der Waals surface area contributed by atoms with Gasteiger partial charge in [-0.2, -0.15) is 0 Å². The van der Waals surface area contributed by atoms with E-state index in [-0.39, 0.29) is 0 Å². The van der Waals surface area contributed by atoms with Crippen molar-refractivity contribution in [2.75, 3.05) is 19.6 Å². The summed E-state index contributed by atoms with van der Waals surface area (Å²) in [6.07, 6.45) is 4.41. The van der Waals surface area contributed by atoms with Crippen LogP contribution in [0.2, 0.25) is 0 Å². The van der Waals surface area contributed by atoms with Gasteiger partial charge in [0.2, 0.25) is 0 Å². The zero-order valence-corrected chi connectivity index (χ0v) is 11.7. The highest BCUT2D eigenvalue weighted by Gasteiger charge is 2.05. The molecule has 0 aromatic carbocycles. The lowest BCUT2D eigenvalue weighted by molar-refractivity contribution is 0.0387. The van der Waals surface area contributed by atoms with Gasteiger partial charge in [-0.05, 0) is 45.3 Å². The Kier molecular flexibility index (Phi) is 10.9. The monoisotopic (exact) mass is 246 g/mol. The van der Waals surface area contributed by atoms with Gasteiger partial charge >= 0.3 is 0 Å². The fourth-order valence-corrected chi connectivity index (χ4v) is 1.73. The summed E-state index contributed by atoms with van der Waals surface area (Å²) < 4.78 is 0. The third-order valence-corrected chi connectivity index (χ3v) is 3.05. The lowest BCUT2D eigenvalue weighted by atomic mass is 10.1. The van der Waals surface area contributed by atoms with Crippen molar-refractivity contribution in [1.29, 1.82) is 0 Å². The normalized spacial score (nSPS) is 20.3. The van der Waals surface area contributed by atoms with E-state index < -0.39 is 12.5 Å². The second-order valence-electron chi connectivity index (χ2n) is 4.51. The third kappa shape index (κ3) is 9.53. The molecule has 0 aromatic heterocycles. The van der Waals surface area contributed by atoms with Crippen molar-refractivity contribution in [3.63, 3.8) is 0 Å². The van der Waals surface area contributed by atoms with Gasteiger partial charge in [0, 0.05) is 0 Å². The lowest BCUT2D eigenvalue weighted by Gasteiger charge is -2.24. The molecule has 0 saturated carbocycles. The van der Waals surface area contributed by atoms with Crippen molar-refractivity contribution in [3.05, 3.63) is 0 Å². The van der Waals surface area contributed by atoms with Gasteiger partial charge in [0.1, 0.15) is 12.5 Å². The smallest absolute Gasteiger partial charge is 0.106 e. The molecule has 0 aromatic rings. The molecular weight excluding hydrogens is 216 g/mol.